The zero-order chi connectivity index (χ0) is 18.4. The number of hydrogen-bond acceptors (Lipinski definition) is 3. The summed E-state index contributed by atoms with van der Waals surface area (Å²) in [6.45, 7) is -0.467. The third kappa shape index (κ3) is 5.09. The summed E-state index contributed by atoms with van der Waals surface area (Å²) in [6.07, 6.45) is -2.97. The quantitative estimate of drug-likeness (QED) is 0.621. The van der Waals surface area contributed by atoms with Crippen LogP contribution in [0.4, 0.5) is 13.2 Å². The summed E-state index contributed by atoms with van der Waals surface area (Å²) >= 11 is 0. The highest BCUT2D eigenvalue weighted by Crippen LogP contribution is 2.28. The van der Waals surface area contributed by atoms with Crippen LogP contribution in [-0.4, -0.2) is 29.3 Å². The molecule has 0 spiro atoms. The molecule has 0 bridgehead atoms. The molecule has 0 fully saturated rings. The molecule has 2 rings (SSSR count). The Kier molecular flexibility index (Phi) is 5.42. The molecular weight excluding hydrogens is 341 g/mol. The average molecular weight is 354 g/mol. The van der Waals surface area contributed by atoms with Crippen LogP contribution in [0.5, 0.6) is 0 Å². The lowest BCUT2D eigenvalue weighted by molar-refractivity contribution is -0.137. The standard InChI is InChI=1S/C15H13F3N4O3/c16-15(17,18)10-5-3-9(4-6-10)13(24)20-8-12(23)21-22-14(25)11-2-1-7-19-11/h1-7,19H,8H2,(H,20,24)(H,21,23)(H,22,25). The Balaban J connectivity index is 1.79. The SMILES string of the molecule is O=C(CNC(=O)c1ccc(C(F)(F)F)cc1)NNC(=O)c1ccc[nH]1. The van der Waals surface area contributed by atoms with Gasteiger partial charge in [-0.2, -0.15) is 13.2 Å². The molecule has 0 aliphatic carbocycles. The lowest BCUT2D eigenvalue weighted by Crippen LogP contribution is -2.46. The molecule has 0 unspecified atom stereocenters. The highest BCUT2D eigenvalue weighted by atomic mass is 19.4. The molecule has 0 aliphatic rings. The Bertz CT molecular complexity index is 755. The fraction of sp³-hybridized carbons (Fsp3) is 0.133. The minimum atomic E-state index is -4.49. The van der Waals surface area contributed by atoms with E-state index in [0.717, 1.165) is 24.3 Å². The van der Waals surface area contributed by atoms with E-state index >= 15 is 0 Å². The third-order valence-electron chi connectivity index (χ3n) is 3.04. The first-order chi connectivity index (χ1) is 11.8. The van der Waals surface area contributed by atoms with Gasteiger partial charge in [-0.05, 0) is 36.4 Å². The van der Waals surface area contributed by atoms with Crippen LogP contribution >= 0.6 is 0 Å². The number of rotatable bonds is 4. The molecule has 0 radical (unpaired) electrons. The molecule has 0 aliphatic heterocycles. The molecule has 25 heavy (non-hydrogen) atoms. The second-order valence-corrected chi connectivity index (χ2v) is 4.84. The van der Waals surface area contributed by atoms with Gasteiger partial charge in [-0.25, -0.2) is 0 Å². The van der Waals surface area contributed by atoms with Crippen LogP contribution in [0.2, 0.25) is 0 Å². The third-order valence-corrected chi connectivity index (χ3v) is 3.04. The lowest BCUT2D eigenvalue weighted by Gasteiger charge is -2.09. The van der Waals surface area contributed by atoms with Gasteiger partial charge in [0, 0.05) is 11.8 Å². The zero-order valence-electron chi connectivity index (χ0n) is 12.6. The number of aromatic amines is 1. The van der Waals surface area contributed by atoms with E-state index in [0.29, 0.717) is 0 Å². The normalized spacial score (nSPS) is 10.8. The molecular formula is C15H13F3N4O3. The molecule has 1 aromatic carbocycles. The van der Waals surface area contributed by atoms with Gasteiger partial charge in [0.25, 0.3) is 17.7 Å². The highest BCUT2D eigenvalue weighted by Gasteiger charge is 2.30. The van der Waals surface area contributed by atoms with Crippen molar-refractivity contribution in [2.75, 3.05) is 6.54 Å². The van der Waals surface area contributed by atoms with Crippen LogP contribution in [0.15, 0.2) is 42.6 Å². The molecule has 3 amide bonds. The van der Waals surface area contributed by atoms with Crippen molar-refractivity contribution in [3.8, 4) is 0 Å². The fourth-order valence-corrected chi connectivity index (χ4v) is 1.78. The lowest BCUT2D eigenvalue weighted by atomic mass is 10.1. The first-order valence-electron chi connectivity index (χ1n) is 6.95. The Morgan fingerprint density at radius 3 is 2.20 bits per heavy atom. The molecule has 132 valence electrons. The highest BCUT2D eigenvalue weighted by molar-refractivity contribution is 5.97. The van der Waals surface area contributed by atoms with Crippen molar-refractivity contribution < 1.29 is 27.6 Å². The number of alkyl halides is 3. The van der Waals surface area contributed by atoms with E-state index in [4.69, 9.17) is 0 Å². The number of aromatic nitrogens is 1. The topological polar surface area (TPSA) is 103 Å². The molecule has 1 heterocycles. The van der Waals surface area contributed by atoms with Crippen LogP contribution in [0.25, 0.3) is 0 Å². The van der Waals surface area contributed by atoms with Crippen LogP contribution in [0, 0.1) is 0 Å². The predicted octanol–water partition coefficient (Wildman–Crippen LogP) is 1.22. The van der Waals surface area contributed by atoms with Crippen molar-refractivity contribution in [2.24, 2.45) is 0 Å². The van der Waals surface area contributed by atoms with E-state index in [9.17, 15) is 27.6 Å². The maximum Gasteiger partial charge on any atom is 0.416 e. The van der Waals surface area contributed by atoms with Gasteiger partial charge in [0.2, 0.25) is 0 Å². The molecule has 0 saturated carbocycles. The molecule has 4 N–H and O–H groups in total. The summed E-state index contributed by atoms with van der Waals surface area (Å²) in [5.41, 5.74) is 3.53. The van der Waals surface area contributed by atoms with Crippen molar-refractivity contribution in [3.63, 3.8) is 0 Å². The molecule has 10 heteroatoms. The van der Waals surface area contributed by atoms with E-state index in [1.807, 2.05) is 0 Å². The number of hydrogen-bond donors (Lipinski definition) is 4. The monoisotopic (exact) mass is 354 g/mol. The number of halogens is 3. The second-order valence-electron chi connectivity index (χ2n) is 4.84. The van der Waals surface area contributed by atoms with Crippen LogP contribution in [-0.2, 0) is 11.0 Å². The van der Waals surface area contributed by atoms with E-state index < -0.39 is 36.0 Å². The van der Waals surface area contributed by atoms with E-state index in [1.165, 1.54) is 12.3 Å². The van der Waals surface area contributed by atoms with Gasteiger partial charge in [0.05, 0.1) is 12.1 Å². The van der Waals surface area contributed by atoms with Gasteiger partial charge in [-0.3, -0.25) is 25.2 Å². The number of nitrogens with one attached hydrogen (secondary N) is 4. The predicted molar refractivity (Wildman–Crippen MR) is 80.2 cm³/mol. The van der Waals surface area contributed by atoms with Gasteiger partial charge in [0.1, 0.15) is 5.69 Å². The van der Waals surface area contributed by atoms with Gasteiger partial charge >= 0.3 is 6.18 Å². The van der Waals surface area contributed by atoms with Gasteiger partial charge < -0.3 is 10.3 Å². The van der Waals surface area contributed by atoms with Crippen LogP contribution in [0.3, 0.4) is 0 Å². The van der Waals surface area contributed by atoms with Gasteiger partial charge in [0.15, 0.2) is 0 Å². The summed E-state index contributed by atoms with van der Waals surface area (Å²) in [6, 6.07) is 6.64. The summed E-state index contributed by atoms with van der Waals surface area (Å²) < 4.78 is 37.3. The minimum Gasteiger partial charge on any atom is -0.357 e. The summed E-state index contributed by atoms with van der Waals surface area (Å²) in [5.74, 6) is -2.01. The van der Waals surface area contributed by atoms with Gasteiger partial charge in [-0.15, -0.1) is 0 Å². The Labute approximate surface area is 139 Å². The van der Waals surface area contributed by atoms with Crippen LogP contribution in [0.1, 0.15) is 26.4 Å². The maximum atomic E-state index is 12.4. The van der Waals surface area contributed by atoms with Crippen molar-refractivity contribution in [3.05, 3.63) is 59.4 Å². The summed E-state index contributed by atoms with van der Waals surface area (Å²) in [5, 5.41) is 2.22. The van der Waals surface area contributed by atoms with E-state index in [2.05, 4.69) is 21.2 Å². The van der Waals surface area contributed by atoms with E-state index in [-0.39, 0.29) is 11.3 Å². The van der Waals surface area contributed by atoms with Crippen molar-refractivity contribution in [2.45, 2.75) is 6.18 Å². The summed E-state index contributed by atoms with van der Waals surface area (Å²) in [7, 11) is 0. The number of carbonyl (C=O) groups is 3. The number of H-pyrrole nitrogens is 1. The van der Waals surface area contributed by atoms with E-state index in [1.54, 1.807) is 6.07 Å². The van der Waals surface area contributed by atoms with Crippen molar-refractivity contribution in [1.82, 2.24) is 21.2 Å². The molecule has 7 nitrogen and oxygen atoms in total. The number of hydrazine groups is 1. The van der Waals surface area contributed by atoms with Crippen molar-refractivity contribution >= 4 is 17.7 Å². The Morgan fingerprint density at radius 1 is 0.960 bits per heavy atom. The molecule has 0 atom stereocenters. The smallest absolute Gasteiger partial charge is 0.357 e. The summed E-state index contributed by atoms with van der Waals surface area (Å²) in [4.78, 5) is 37.5. The minimum absolute atomic E-state index is 0.0313. The van der Waals surface area contributed by atoms with Crippen molar-refractivity contribution in [1.29, 1.82) is 0 Å². The first kappa shape index (κ1) is 18.0. The largest absolute Gasteiger partial charge is 0.416 e. The second kappa shape index (κ2) is 7.51. The van der Waals surface area contributed by atoms with Crippen LogP contribution < -0.4 is 16.2 Å². The fourth-order valence-electron chi connectivity index (χ4n) is 1.78. The number of benzene rings is 1. The Morgan fingerprint density at radius 2 is 1.64 bits per heavy atom. The maximum absolute atomic E-state index is 12.4. The molecule has 1 aromatic heterocycles. The van der Waals surface area contributed by atoms with Gasteiger partial charge in [-0.1, -0.05) is 0 Å². The average Bonchev–Trinajstić information content (AvgIpc) is 3.11. The zero-order valence-corrected chi connectivity index (χ0v) is 12.6. The number of amides is 3. The first-order valence-corrected chi connectivity index (χ1v) is 6.95. The Hall–Kier alpha value is -3.30. The molecule has 2 aromatic rings. The molecule has 0 saturated heterocycles. The number of carbonyl (C=O) groups excluding carboxylic acids is 3.